The van der Waals surface area contributed by atoms with Crippen molar-refractivity contribution in [2.45, 2.75) is 13.5 Å². The fourth-order valence-electron chi connectivity index (χ4n) is 1.45. The Labute approximate surface area is 121 Å². The van der Waals surface area contributed by atoms with Crippen molar-refractivity contribution in [3.63, 3.8) is 0 Å². The predicted molar refractivity (Wildman–Crippen MR) is 73.1 cm³/mol. The summed E-state index contributed by atoms with van der Waals surface area (Å²) < 4.78 is 34.1. The molecule has 0 bridgehead atoms. The second-order valence-corrected chi connectivity index (χ2v) is 3.87. The van der Waals surface area contributed by atoms with E-state index < -0.39 is 6.61 Å². The Morgan fingerprint density at radius 1 is 1.38 bits per heavy atom. The van der Waals surface area contributed by atoms with Gasteiger partial charge in [-0.1, -0.05) is 6.07 Å². The van der Waals surface area contributed by atoms with Crippen LogP contribution in [0, 0.1) is 0 Å². The van der Waals surface area contributed by atoms with Gasteiger partial charge in [0.15, 0.2) is 11.5 Å². The zero-order chi connectivity index (χ0) is 15.8. The Hall–Kier alpha value is -2.15. The summed E-state index contributed by atoms with van der Waals surface area (Å²) in [5.74, 6) is -0.222. The number of carbonyl (C=O) groups is 1. The lowest BCUT2D eigenvalue weighted by atomic mass is 10.2. The number of alkyl halides is 2. The van der Waals surface area contributed by atoms with E-state index in [9.17, 15) is 13.6 Å². The van der Waals surface area contributed by atoms with Crippen LogP contribution >= 0.6 is 0 Å². The van der Waals surface area contributed by atoms with Gasteiger partial charge in [-0.3, -0.25) is 9.63 Å². The molecule has 0 N–H and O–H groups in total. The summed E-state index contributed by atoms with van der Waals surface area (Å²) in [7, 11) is 2.84. The highest BCUT2D eigenvalue weighted by atomic mass is 19.3. The van der Waals surface area contributed by atoms with Crippen molar-refractivity contribution in [1.82, 2.24) is 5.06 Å². The molecule has 0 aliphatic rings. The van der Waals surface area contributed by atoms with Crippen molar-refractivity contribution in [2.24, 2.45) is 0 Å². The van der Waals surface area contributed by atoms with Crippen LogP contribution in [0.25, 0.3) is 6.08 Å². The molecule has 0 saturated heterocycles. The van der Waals surface area contributed by atoms with Crippen LogP contribution in [0.3, 0.4) is 0 Å². The molecule has 0 aromatic heterocycles. The topological polar surface area (TPSA) is 48.0 Å². The summed E-state index contributed by atoms with van der Waals surface area (Å²) in [6.45, 7) is -0.897. The van der Waals surface area contributed by atoms with Gasteiger partial charge in [-0.2, -0.15) is 8.78 Å². The van der Waals surface area contributed by atoms with Crippen LogP contribution in [0.4, 0.5) is 8.78 Å². The van der Waals surface area contributed by atoms with E-state index in [4.69, 9.17) is 9.57 Å². The van der Waals surface area contributed by atoms with E-state index in [2.05, 4.69) is 4.74 Å². The molecule has 0 aliphatic carbocycles. The minimum atomic E-state index is -2.93. The van der Waals surface area contributed by atoms with Gasteiger partial charge in [0.2, 0.25) is 0 Å². The summed E-state index contributed by atoms with van der Waals surface area (Å²) >= 11 is 0. The van der Waals surface area contributed by atoms with Crippen LogP contribution in [0.2, 0.25) is 0 Å². The van der Waals surface area contributed by atoms with Crippen LogP contribution in [0.5, 0.6) is 11.5 Å². The Bertz CT molecular complexity index is 506. The van der Waals surface area contributed by atoms with Crippen LogP contribution < -0.4 is 9.47 Å². The molecule has 116 valence electrons. The molecule has 0 radical (unpaired) electrons. The number of halogens is 2. The van der Waals surface area contributed by atoms with Crippen LogP contribution in [0.1, 0.15) is 12.5 Å². The van der Waals surface area contributed by atoms with E-state index in [0.717, 1.165) is 5.06 Å². The molecular formula is C14H17F2NO4. The van der Waals surface area contributed by atoms with E-state index in [0.29, 0.717) is 12.2 Å². The molecule has 1 aromatic carbocycles. The SMILES string of the molecule is CCOc1cc(C=CC(=O)N(C)OC)ccc1OC(F)F. The van der Waals surface area contributed by atoms with Crippen molar-refractivity contribution in [1.29, 1.82) is 0 Å². The molecule has 0 aliphatic heterocycles. The summed E-state index contributed by atoms with van der Waals surface area (Å²) in [6.07, 6.45) is 2.81. The van der Waals surface area contributed by atoms with Crippen LogP contribution in [-0.2, 0) is 9.63 Å². The molecule has 1 rings (SSSR count). The average Bonchev–Trinajstić information content (AvgIpc) is 2.46. The number of carbonyl (C=O) groups excluding carboxylic acids is 1. The zero-order valence-electron chi connectivity index (χ0n) is 12.0. The van der Waals surface area contributed by atoms with Crippen molar-refractivity contribution in [2.75, 3.05) is 20.8 Å². The highest BCUT2D eigenvalue weighted by Gasteiger charge is 2.11. The minimum Gasteiger partial charge on any atom is -0.490 e. The summed E-state index contributed by atoms with van der Waals surface area (Å²) in [6, 6.07) is 4.41. The molecule has 5 nitrogen and oxygen atoms in total. The number of amides is 1. The maximum atomic E-state index is 12.3. The first-order valence-electron chi connectivity index (χ1n) is 6.19. The lowest BCUT2D eigenvalue weighted by molar-refractivity contribution is -0.162. The van der Waals surface area contributed by atoms with E-state index in [-0.39, 0.29) is 17.4 Å². The van der Waals surface area contributed by atoms with Gasteiger partial charge < -0.3 is 9.47 Å². The number of nitrogens with zero attached hydrogens (tertiary/aromatic N) is 1. The number of likely N-dealkylation sites (N-methyl/N-ethyl adjacent to an activating group) is 1. The van der Waals surface area contributed by atoms with E-state index in [1.807, 2.05) is 0 Å². The highest BCUT2D eigenvalue weighted by molar-refractivity contribution is 5.90. The van der Waals surface area contributed by atoms with Crippen molar-refractivity contribution < 1.29 is 27.9 Å². The van der Waals surface area contributed by atoms with Gasteiger partial charge in [0.1, 0.15) is 0 Å². The first-order chi connectivity index (χ1) is 9.97. The maximum absolute atomic E-state index is 12.3. The average molecular weight is 301 g/mol. The van der Waals surface area contributed by atoms with Crippen molar-refractivity contribution in [3.8, 4) is 11.5 Å². The first kappa shape index (κ1) is 16.9. The third kappa shape index (κ3) is 5.39. The lowest BCUT2D eigenvalue weighted by Gasteiger charge is -2.12. The molecule has 0 saturated carbocycles. The third-order valence-electron chi connectivity index (χ3n) is 2.49. The Morgan fingerprint density at radius 2 is 2.10 bits per heavy atom. The summed E-state index contributed by atoms with van der Waals surface area (Å²) in [5.41, 5.74) is 0.609. The van der Waals surface area contributed by atoms with Gasteiger partial charge in [0.05, 0.1) is 13.7 Å². The number of ether oxygens (including phenoxy) is 2. The van der Waals surface area contributed by atoms with Gasteiger partial charge in [-0.05, 0) is 30.7 Å². The molecule has 0 atom stereocenters. The fourth-order valence-corrected chi connectivity index (χ4v) is 1.45. The van der Waals surface area contributed by atoms with Crippen LogP contribution in [-0.4, -0.2) is 38.3 Å². The highest BCUT2D eigenvalue weighted by Crippen LogP contribution is 2.30. The second-order valence-electron chi connectivity index (χ2n) is 3.87. The third-order valence-corrected chi connectivity index (χ3v) is 2.49. The zero-order valence-corrected chi connectivity index (χ0v) is 12.0. The number of hydrogen-bond donors (Lipinski definition) is 0. The largest absolute Gasteiger partial charge is 0.490 e. The van der Waals surface area contributed by atoms with Gasteiger partial charge in [-0.25, -0.2) is 5.06 Å². The number of rotatable bonds is 7. The molecule has 0 fully saturated rings. The van der Waals surface area contributed by atoms with Crippen LogP contribution in [0.15, 0.2) is 24.3 Å². The van der Waals surface area contributed by atoms with Gasteiger partial charge in [0, 0.05) is 13.1 Å². The van der Waals surface area contributed by atoms with E-state index in [1.165, 1.54) is 44.5 Å². The summed E-state index contributed by atoms with van der Waals surface area (Å²) in [4.78, 5) is 16.3. The minimum absolute atomic E-state index is 0.0515. The van der Waals surface area contributed by atoms with Crippen molar-refractivity contribution in [3.05, 3.63) is 29.8 Å². The Morgan fingerprint density at radius 3 is 2.67 bits per heavy atom. The van der Waals surface area contributed by atoms with E-state index in [1.54, 1.807) is 6.92 Å². The molecule has 0 heterocycles. The molecule has 21 heavy (non-hydrogen) atoms. The molecular weight excluding hydrogens is 284 g/mol. The standard InChI is InChI=1S/C14H17F2NO4/c1-4-20-12-9-10(5-7-11(12)21-14(15)16)6-8-13(18)17(2)19-3/h5-9,14H,4H2,1-3H3. The summed E-state index contributed by atoms with van der Waals surface area (Å²) in [5, 5.41) is 1.05. The maximum Gasteiger partial charge on any atom is 0.387 e. The van der Waals surface area contributed by atoms with Gasteiger partial charge in [0.25, 0.3) is 5.91 Å². The number of hydroxylamine groups is 2. The van der Waals surface area contributed by atoms with Gasteiger partial charge in [-0.15, -0.1) is 0 Å². The monoisotopic (exact) mass is 301 g/mol. The lowest BCUT2D eigenvalue weighted by Crippen LogP contribution is -2.22. The Kier molecular flexibility index (Phi) is 6.61. The first-order valence-corrected chi connectivity index (χ1v) is 6.19. The Balaban J connectivity index is 2.92. The normalized spacial score (nSPS) is 11.0. The second kappa shape index (κ2) is 8.21. The molecule has 1 aromatic rings. The molecule has 1 amide bonds. The number of benzene rings is 1. The molecule has 0 unspecified atom stereocenters. The fraction of sp³-hybridized carbons (Fsp3) is 0.357. The number of hydrogen-bond acceptors (Lipinski definition) is 4. The van der Waals surface area contributed by atoms with E-state index >= 15 is 0 Å². The van der Waals surface area contributed by atoms with Gasteiger partial charge >= 0.3 is 6.61 Å². The molecule has 0 spiro atoms. The molecule has 7 heteroatoms. The predicted octanol–water partition coefficient (Wildman–Crippen LogP) is 2.72. The smallest absolute Gasteiger partial charge is 0.387 e. The van der Waals surface area contributed by atoms with Crippen molar-refractivity contribution >= 4 is 12.0 Å². The quantitative estimate of drug-likeness (QED) is 0.574.